The van der Waals surface area contributed by atoms with E-state index in [9.17, 15) is 19.2 Å². The quantitative estimate of drug-likeness (QED) is 0.184. The fourth-order valence-corrected chi connectivity index (χ4v) is 7.83. The number of likely N-dealkylation sites (tertiary alicyclic amines) is 1. The van der Waals surface area contributed by atoms with E-state index in [1.165, 1.54) is 0 Å². The van der Waals surface area contributed by atoms with Crippen molar-refractivity contribution in [2.24, 2.45) is 23.7 Å². The normalized spacial score (nSPS) is 18.7. The summed E-state index contributed by atoms with van der Waals surface area (Å²) in [4.78, 5) is 62.6. The molecule has 3 rings (SSSR count). The summed E-state index contributed by atoms with van der Waals surface area (Å²) in [5.41, 5.74) is 1.11. The van der Waals surface area contributed by atoms with E-state index in [1.807, 2.05) is 51.8 Å². The van der Waals surface area contributed by atoms with Gasteiger partial charge >= 0.3 is 0 Å². The molecule has 1 aliphatic rings. The van der Waals surface area contributed by atoms with Crippen LogP contribution in [-0.2, 0) is 35.1 Å². The molecule has 1 saturated heterocycles. The fraction of sp³-hybridized carbons (Fsp3) is 0.683. The van der Waals surface area contributed by atoms with E-state index in [0.29, 0.717) is 19.5 Å². The molecule has 0 radical (unpaired) electrons. The van der Waals surface area contributed by atoms with Crippen LogP contribution in [0.25, 0.3) is 10.8 Å². The van der Waals surface area contributed by atoms with Crippen molar-refractivity contribution in [2.45, 2.75) is 117 Å². The van der Waals surface area contributed by atoms with Crippen molar-refractivity contribution in [1.82, 2.24) is 30.7 Å². The number of aromatic nitrogens is 1. The highest BCUT2D eigenvalue weighted by atomic mass is 16.5. The number of hydrogen-bond donors (Lipinski definition) is 3. The number of methoxy groups -OCH3 is 2. The molecule has 0 aliphatic carbocycles. The molecule has 1 fully saturated rings. The summed E-state index contributed by atoms with van der Waals surface area (Å²) in [6.07, 6.45) is 5.54. The van der Waals surface area contributed by atoms with Gasteiger partial charge in [-0.1, -0.05) is 67.0 Å². The van der Waals surface area contributed by atoms with Crippen LogP contribution in [-0.4, -0.2) is 116 Å². The van der Waals surface area contributed by atoms with Gasteiger partial charge in [-0.15, -0.1) is 0 Å². The monoisotopic (exact) mass is 739 g/mol. The number of benzene rings is 1. The van der Waals surface area contributed by atoms with Gasteiger partial charge in [0.15, 0.2) is 0 Å². The zero-order valence-electron chi connectivity index (χ0n) is 34.0. The van der Waals surface area contributed by atoms with Crippen LogP contribution in [0.15, 0.2) is 36.7 Å². The molecule has 0 unspecified atom stereocenters. The van der Waals surface area contributed by atoms with Crippen LogP contribution in [0.2, 0.25) is 0 Å². The first-order chi connectivity index (χ1) is 25.2. The largest absolute Gasteiger partial charge is 0.379 e. The van der Waals surface area contributed by atoms with E-state index in [0.717, 1.165) is 35.6 Å². The third-order valence-electron chi connectivity index (χ3n) is 11.2. The standard InChI is InChI=1S/C41H66N6O6/c1-12-27(6)37(46(9)41(51)36(26(4)5)45-40(50)35(42-8)25(2)3)33(52-10)23-34(48)47-21-13-14-32(47)38(53-11)28(7)39(49)44-20-17-29-15-16-30-18-19-43-24-31(30)22-29/h15-16,18-19,22,24-28,32-33,35-38,42H,12-14,17,20-21,23H2,1-11H3,(H,44,49)(H,45,50)/t27-,28+,32-,33+,35-,36-,37-,38+/m0/s1. The molecule has 3 N–H and O–H groups in total. The highest BCUT2D eigenvalue weighted by Gasteiger charge is 2.43. The number of nitrogens with one attached hydrogen (secondary N) is 3. The van der Waals surface area contributed by atoms with Crippen LogP contribution in [0.1, 0.15) is 79.7 Å². The summed E-state index contributed by atoms with van der Waals surface area (Å²) in [5, 5.41) is 11.3. The Kier molecular flexibility index (Phi) is 17.1. The zero-order chi connectivity index (χ0) is 39.4. The summed E-state index contributed by atoms with van der Waals surface area (Å²) < 4.78 is 12.0. The van der Waals surface area contributed by atoms with Gasteiger partial charge in [0.05, 0.1) is 42.7 Å². The second kappa shape index (κ2) is 20.7. The third-order valence-corrected chi connectivity index (χ3v) is 11.2. The second-order valence-corrected chi connectivity index (χ2v) is 15.4. The number of rotatable bonds is 20. The molecular formula is C41H66N6O6. The van der Waals surface area contributed by atoms with Gasteiger partial charge in [-0.3, -0.25) is 24.2 Å². The summed E-state index contributed by atoms with van der Waals surface area (Å²) in [6, 6.07) is 6.32. The number of amides is 4. The number of fused-ring (bicyclic) bond motifs is 1. The van der Waals surface area contributed by atoms with E-state index < -0.39 is 36.3 Å². The van der Waals surface area contributed by atoms with Crippen LogP contribution in [0.5, 0.6) is 0 Å². The first-order valence-corrected chi connectivity index (χ1v) is 19.4. The van der Waals surface area contributed by atoms with Crippen LogP contribution >= 0.6 is 0 Å². The number of carbonyl (C=O) groups excluding carboxylic acids is 4. The predicted molar refractivity (Wildman–Crippen MR) is 209 cm³/mol. The molecule has 1 aliphatic heterocycles. The molecule has 8 atom stereocenters. The van der Waals surface area contributed by atoms with Crippen molar-refractivity contribution in [1.29, 1.82) is 0 Å². The lowest BCUT2D eigenvalue weighted by Gasteiger charge is -2.41. The van der Waals surface area contributed by atoms with E-state index >= 15 is 0 Å². The molecule has 12 heteroatoms. The van der Waals surface area contributed by atoms with E-state index in [1.54, 1.807) is 39.4 Å². The Labute approximate surface area is 317 Å². The molecule has 2 aromatic rings. The number of pyridine rings is 1. The Balaban J connectivity index is 1.70. The summed E-state index contributed by atoms with van der Waals surface area (Å²) in [5.74, 6) is -1.27. The van der Waals surface area contributed by atoms with E-state index in [-0.39, 0.29) is 53.8 Å². The molecule has 4 amide bonds. The number of likely N-dealkylation sites (N-methyl/N-ethyl adjacent to an activating group) is 2. The Bertz CT molecular complexity index is 1500. The van der Waals surface area contributed by atoms with Crippen molar-refractivity contribution in [3.8, 4) is 0 Å². The van der Waals surface area contributed by atoms with E-state index in [4.69, 9.17) is 9.47 Å². The van der Waals surface area contributed by atoms with Crippen LogP contribution in [0.4, 0.5) is 0 Å². The van der Waals surface area contributed by atoms with E-state index in [2.05, 4.69) is 53.0 Å². The van der Waals surface area contributed by atoms with Crippen molar-refractivity contribution in [3.63, 3.8) is 0 Å². The maximum Gasteiger partial charge on any atom is 0.245 e. The number of hydrogen-bond acceptors (Lipinski definition) is 8. The van der Waals surface area contributed by atoms with Gasteiger partial charge in [0, 0.05) is 52.1 Å². The molecule has 0 spiro atoms. The summed E-state index contributed by atoms with van der Waals surface area (Å²) >= 11 is 0. The Morgan fingerprint density at radius 3 is 2.26 bits per heavy atom. The zero-order valence-corrected chi connectivity index (χ0v) is 34.0. The maximum atomic E-state index is 14.1. The molecule has 0 saturated carbocycles. The lowest BCUT2D eigenvalue weighted by atomic mass is 9.89. The Hall–Kier alpha value is -3.61. The molecule has 12 nitrogen and oxygen atoms in total. The van der Waals surface area contributed by atoms with Gasteiger partial charge in [-0.2, -0.15) is 0 Å². The lowest BCUT2D eigenvalue weighted by molar-refractivity contribution is -0.147. The predicted octanol–water partition coefficient (Wildman–Crippen LogP) is 4.20. The van der Waals surface area contributed by atoms with Crippen LogP contribution in [0, 0.1) is 23.7 Å². The smallest absolute Gasteiger partial charge is 0.245 e. The average molecular weight is 739 g/mol. The number of ether oxygens (including phenoxy) is 2. The van der Waals surface area contributed by atoms with Crippen molar-refractivity contribution >= 4 is 34.4 Å². The second-order valence-electron chi connectivity index (χ2n) is 15.4. The minimum atomic E-state index is -0.746. The number of carbonyl (C=O) groups is 4. The topological polar surface area (TPSA) is 142 Å². The van der Waals surface area contributed by atoms with Crippen LogP contribution < -0.4 is 16.0 Å². The Morgan fingerprint density at radius 1 is 0.962 bits per heavy atom. The van der Waals surface area contributed by atoms with Crippen molar-refractivity contribution in [2.75, 3.05) is 41.4 Å². The van der Waals surface area contributed by atoms with Gasteiger partial charge in [0.2, 0.25) is 23.6 Å². The fourth-order valence-electron chi connectivity index (χ4n) is 7.83. The SMILES string of the molecule is CC[C@H](C)[C@@H]([C@@H](CC(=O)N1CCC[C@H]1[C@H](OC)[C@@H](C)C(=O)NCCc1ccc2ccncc2c1)OC)N(C)C(=O)[C@@H](NC(=O)[C@@H](NC)C(C)C)C(C)C. The number of nitrogens with zero attached hydrogens (tertiary/aromatic N) is 3. The first kappa shape index (κ1) is 43.8. The Morgan fingerprint density at radius 2 is 1.66 bits per heavy atom. The molecular weight excluding hydrogens is 672 g/mol. The van der Waals surface area contributed by atoms with Gasteiger partial charge in [0.25, 0.3) is 0 Å². The summed E-state index contributed by atoms with van der Waals surface area (Å²) in [6.45, 7) is 14.7. The molecule has 53 heavy (non-hydrogen) atoms. The lowest BCUT2D eigenvalue weighted by Crippen LogP contribution is -2.59. The highest BCUT2D eigenvalue weighted by molar-refractivity contribution is 5.90. The molecule has 296 valence electrons. The van der Waals surface area contributed by atoms with Gasteiger partial charge in [0.1, 0.15) is 6.04 Å². The first-order valence-electron chi connectivity index (χ1n) is 19.4. The van der Waals surface area contributed by atoms with Crippen molar-refractivity contribution in [3.05, 3.63) is 42.2 Å². The molecule has 2 heterocycles. The maximum absolute atomic E-state index is 14.1. The highest BCUT2D eigenvalue weighted by Crippen LogP contribution is 2.29. The molecule has 1 aromatic heterocycles. The molecule has 0 bridgehead atoms. The molecule has 1 aromatic carbocycles. The average Bonchev–Trinajstić information content (AvgIpc) is 3.62. The summed E-state index contributed by atoms with van der Waals surface area (Å²) in [7, 11) is 6.66. The van der Waals surface area contributed by atoms with Gasteiger partial charge < -0.3 is 35.2 Å². The van der Waals surface area contributed by atoms with Gasteiger partial charge in [-0.05, 0) is 67.1 Å². The minimum Gasteiger partial charge on any atom is -0.379 e. The third kappa shape index (κ3) is 11.2. The van der Waals surface area contributed by atoms with Crippen LogP contribution in [0.3, 0.4) is 0 Å². The van der Waals surface area contributed by atoms with Crippen molar-refractivity contribution < 1.29 is 28.7 Å². The minimum absolute atomic E-state index is 0.00188. The van der Waals surface area contributed by atoms with Gasteiger partial charge in [-0.25, -0.2) is 0 Å².